The van der Waals surface area contributed by atoms with Crippen LogP contribution in [0.5, 0.6) is 0 Å². The Balaban J connectivity index is 2.38. The molecule has 1 atom stereocenters. The third-order valence-corrected chi connectivity index (χ3v) is 3.99. The lowest BCUT2D eigenvalue weighted by Crippen LogP contribution is -2.45. The molecule has 114 valence electrons. The molecule has 1 amide bonds. The van der Waals surface area contributed by atoms with Gasteiger partial charge in [0.2, 0.25) is 5.91 Å². The molecule has 2 rings (SSSR count). The Morgan fingerprint density at radius 2 is 2.05 bits per heavy atom. The molecular formula is C16H23N3O2. The molecule has 1 aliphatic heterocycles. The summed E-state index contributed by atoms with van der Waals surface area (Å²) in [5.41, 5.74) is 7.88. The van der Waals surface area contributed by atoms with Crippen LogP contribution in [0, 0.1) is 11.8 Å². The van der Waals surface area contributed by atoms with Gasteiger partial charge in [-0.1, -0.05) is 37.2 Å². The van der Waals surface area contributed by atoms with E-state index in [2.05, 4.69) is 11.2 Å². The number of anilines is 1. The van der Waals surface area contributed by atoms with Gasteiger partial charge in [0.15, 0.2) is 5.84 Å². The van der Waals surface area contributed by atoms with E-state index >= 15 is 0 Å². The molecule has 3 N–H and O–H groups in total. The minimum atomic E-state index is -0.596. The van der Waals surface area contributed by atoms with Crippen molar-refractivity contribution in [2.24, 2.45) is 22.7 Å². The highest BCUT2D eigenvalue weighted by Gasteiger charge is 2.32. The summed E-state index contributed by atoms with van der Waals surface area (Å²) in [5.74, 6) is -0.726. The van der Waals surface area contributed by atoms with E-state index in [-0.39, 0.29) is 17.7 Å². The van der Waals surface area contributed by atoms with Crippen LogP contribution >= 0.6 is 0 Å². The number of amides is 1. The maximum Gasteiger partial charge on any atom is 0.238 e. The van der Waals surface area contributed by atoms with Gasteiger partial charge < -0.3 is 15.8 Å². The molecule has 0 bridgehead atoms. The van der Waals surface area contributed by atoms with Gasteiger partial charge in [0.1, 0.15) is 5.92 Å². The van der Waals surface area contributed by atoms with Gasteiger partial charge >= 0.3 is 0 Å². The molecule has 0 aromatic heterocycles. The van der Waals surface area contributed by atoms with Crippen molar-refractivity contribution in [3.8, 4) is 0 Å². The summed E-state index contributed by atoms with van der Waals surface area (Å²) >= 11 is 0. The molecule has 1 unspecified atom stereocenters. The zero-order valence-corrected chi connectivity index (χ0v) is 12.6. The van der Waals surface area contributed by atoms with Crippen LogP contribution in [-0.4, -0.2) is 23.5 Å². The van der Waals surface area contributed by atoms with Crippen LogP contribution in [0.4, 0.5) is 5.69 Å². The summed E-state index contributed by atoms with van der Waals surface area (Å²) in [7, 11) is 0. The number of hydrogen-bond acceptors (Lipinski definition) is 3. The van der Waals surface area contributed by atoms with Crippen LogP contribution in [-0.2, 0) is 11.2 Å². The molecular weight excluding hydrogens is 266 g/mol. The molecule has 0 aliphatic carbocycles. The summed E-state index contributed by atoms with van der Waals surface area (Å²) in [6, 6.07) is 7.98. The monoisotopic (exact) mass is 289 g/mol. The van der Waals surface area contributed by atoms with Gasteiger partial charge in [0, 0.05) is 12.2 Å². The number of nitrogens with two attached hydrogens (primary N) is 1. The molecule has 0 saturated carbocycles. The summed E-state index contributed by atoms with van der Waals surface area (Å²) in [6.07, 6.45) is 3.01. The number of carbonyl (C=O) groups is 1. The third kappa shape index (κ3) is 3.17. The lowest BCUT2D eigenvalue weighted by atomic mass is 9.92. The fraction of sp³-hybridized carbons (Fsp3) is 0.500. The Kier molecular flexibility index (Phi) is 4.83. The second-order valence-corrected chi connectivity index (χ2v) is 5.82. The Morgan fingerprint density at radius 3 is 2.71 bits per heavy atom. The van der Waals surface area contributed by atoms with Gasteiger partial charge in [0.25, 0.3) is 0 Å². The molecule has 0 fully saturated rings. The highest BCUT2D eigenvalue weighted by molar-refractivity contribution is 6.09. The molecule has 5 nitrogen and oxygen atoms in total. The number of carbonyl (C=O) groups excluding carboxylic acids is 1. The van der Waals surface area contributed by atoms with Gasteiger partial charge in [0.05, 0.1) is 0 Å². The van der Waals surface area contributed by atoms with Crippen LogP contribution in [0.3, 0.4) is 0 Å². The number of benzene rings is 1. The van der Waals surface area contributed by atoms with Crippen LogP contribution in [0.25, 0.3) is 0 Å². The quantitative estimate of drug-likeness (QED) is 0.388. The van der Waals surface area contributed by atoms with Crippen molar-refractivity contribution in [1.82, 2.24) is 0 Å². The Morgan fingerprint density at radius 1 is 1.33 bits per heavy atom. The van der Waals surface area contributed by atoms with Crippen molar-refractivity contribution < 1.29 is 10.0 Å². The predicted molar refractivity (Wildman–Crippen MR) is 83.5 cm³/mol. The van der Waals surface area contributed by atoms with E-state index in [1.807, 2.05) is 32.0 Å². The van der Waals surface area contributed by atoms with Gasteiger partial charge in [-0.05, 0) is 36.8 Å². The highest BCUT2D eigenvalue weighted by Crippen LogP contribution is 2.28. The van der Waals surface area contributed by atoms with Crippen LogP contribution in [0.2, 0.25) is 0 Å². The van der Waals surface area contributed by atoms with Crippen molar-refractivity contribution in [3.63, 3.8) is 0 Å². The van der Waals surface area contributed by atoms with Gasteiger partial charge in [-0.25, -0.2) is 0 Å². The number of fused-ring (bicyclic) bond motifs is 1. The van der Waals surface area contributed by atoms with E-state index in [0.717, 1.165) is 24.9 Å². The van der Waals surface area contributed by atoms with Crippen LogP contribution in [0.1, 0.15) is 32.3 Å². The topological polar surface area (TPSA) is 78.9 Å². The molecule has 1 aromatic carbocycles. The number of para-hydroxylation sites is 1. The Hall–Kier alpha value is -2.04. The first-order valence-corrected chi connectivity index (χ1v) is 7.43. The summed E-state index contributed by atoms with van der Waals surface area (Å²) in [5, 5.41) is 12.0. The maximum absolute atomic E-state index is 12.9. The second kappa shape index (κ2) is 6.61. The first-order chi connectivity index (χ1) is 10.1. The second-order valence-electron chi connectivity index (χ2n) is 5.82. The molecule has 1 aromatic rings. The number of rotatable bonds is 3. The lowest BCUT2D eigenvalue weighted by Gasteiger charge is -2.28. The molecule has 0 saturated heterocycles. The van der Waals surface area contributed by atoms with E-state index in [1.165, 1.54) is 5.56 Å². The first-order valence-electron chi connectivity index (χ1n) is 7.43. The van der Waals surface area contributed by atoms with E-state index in [4.69, 9.17) is 10.9 Å². The Labute approximate surface area is 125 Å². The third-order valence-electron chi connectivity index (χ3n) is 3.99. The van der Waals surface area contributed by atoms with Crippen molar-refractivity contribution in [2.45, 2.75) is 33.1 Å². The average Bonchev–Trinajstić information content (AvgIpc) is 2.69. The number of amidine groups is 1. The van der Waals surface area contributed by atoms with Crippen molar-refractivity contribution >= 4 is 17.4 Å². The minimum Gasteiger partial charge on any atom is -0.409 e. The van der Waals surface area contributed by atoms with Gasteiger partial charge in [-0.15, -0.1) is 0 Å². The van der Waals surface area contributed by atoms with Gasteiger partial charge in [-0.2, -0.15) is 0 Å². The molecule has 1 heterocycles. The van der Waals surface area contributed by atoms with E-state index < -0.39 is 5.92 Å². The van der Waals surface area contributed by atoms with E-state index in [9.17, 15) is 4.79 Å². The van der Waals surface area contributed by atoms with Gasteiger partial charge in [-0.3, -0.25) is 4.79 Å². The van der Waals surface area contributed by atoms with Crippen molar-refractivity contribution in [2.75, 3.05) is 11.4 Å². The van der Waals surface area contributed by atoms with Crippen molar-refractivity contribution in [1.29, 1.82) is 0 Å². The molecule has 0 radical (unpaired) electrons. The fourth-order valence-electron chi connectivity index (χ4n) is 2.90. The molecule has 5 heteroatoms. The first kappa shape index (κ1) is 15.4. The Bertz CT molecular complexity index is 540. The zero-order chi connectivity index (χ0) is 15.4. The fourth-order valence-corrected chi connectivity index (χ4v) is 2.90. The molecule has 0 spiro atoms. The zero-order valence-electron chi connectivity index (χ0n) is 12.6. The largest absolute Gasteiger partial charge is 0.409 e. The smallest absolute Gasteiger partial charge is 0.238 e. The summed E-state index contributed by atoms with van der Waals surface area (Å²) < 4.78 is 0. The number of hydrogen-bond donors (Lipinski definition) is 2. The SMILES string of the molecule is CC(C)C(C(=O)N1CCCCc2ccccc21)C(N)=NO. The number of oxime groups is 1. The average molecular weight is 289 g/mol. The summed E-state index contributed by atoms with van der Waals surface area (Å²) in [4.78, 5) is 14.7. The lowest BCUT2D eigenvalue weighted by molar-refractivity contribution is -0.121. The summed E-state index contributed by atoms with van der Waals surface area (Å²) in [6.45, 7) is 4.49. The van der Waals surface area contributed by atoms with E-state index in [0.29, 0.717) is 6.54 Å². The van der Waals surface area contributed by atoms with Crippen LogP contribution in [0.15, 0.2) is 29.4 Å². The standard InChI is InChI=1S/C16H23N3O2/c1-11(2)14(15(17)18-21)16(20)19-10-6-5-8-12-7-3-4-9-13(12)19/h3-4,7,9,11,14,21H,5-6,8,10H2,1-2H3,(H2,17,18). The molecule has 1 aliphatic rings. The number of aryl methyl sites for hydroxylation is 1. The minimum absolute atomic E-state index is 0.0169. The number of nitrogens with zero attached hydrogens (tertiary/aromatic N) is 2. The van der Waals surface area contributed by atoms with Crippen molar-refractivity contribution in [3.05, 3.63) is 29.8 Å². The highest BCUT2D eigenvalue weighted by atomic mass is 16.4. The normalized spacial score (nSPS) is 17.3. The van der Waals surface area contributed by atoms with Crippen LogP contribution < -0.4 is 10.6 Å². The molecule has 21 heavy (non-hydrogen) atoms. The predicted octanol–water partition coefficient (Wildman–Crippen LogP) is 2.37. The van der Waals surface area contributed by atoms with E-state index in [1.54, 1.807) is 4.90 Å². The maximum atomic E-state index is 12.9.